The number of carbonyl (C=O) groups is 1. The predicted molar refractivity (Wildman–Crippen MR) is 98.5 cm³/mol. The average Bonchev–Trinajstić information content (AvgIpc) is 2.63. The summed E-state index contributed by atoms with van der Waals surface area (Å²) in [4.78, 5) is 20.7. The lowest BCUT2D eigenvalue weighted by molar-refractivity contribution is 0.140. The van der Waals surface area contributed by atoms with E-state index < -0.39 is 6.17 Å². The molecule has 7 heteroatoms. The molecule has 0 aliphatic carbocycles. The van der Waals surface area contributed by atoms with Crippen LogP contribution < -0.4 is 10.1 Å². The smallest absolute Gasteiger partial charge is 0.326 e. The molecule has 1 N–H and O–H groups in total. The van der Waals surface area contributed by atoms with Gasteiger partial charge in [0, 0.05) is 25.4 Å². The summed E-state index contributed by atoms with van der Waals surface area (Å²) in [6, 6.07) is 3.57. The molecule has 0 spiro atoms. The number of carbonyl (C=O) groups excluding carboxylic acids is 1. The fraction of sp³-hybridized carbons (Fsp3) is 0.444. The van der Waals surface area contributed by atoms with E-state index in [1.165, 1.54) is 6.42 Å². The van der Waals surface area contributed by atoms with Crippen LogP contribution in [-0.4, -0.2) is 47.2 Å². The highest BCUT2D eigenvalue weighted by Gasteiger charge is 2.31. The zero-order valence-electron chi connectivity index (χ0n) is 14.5. The first kappa shape index (κ1) is 17.6. The molecule has 134 valence electrons. The van der Waals surface area contributed by atoms with Gasteiger partial charge < -0.3 is 15.0 Å². The molecule has 2 atom stereocenters. The molecule has 25 heavy (non-hydrogen) atoms. The molecule has 2 amide bonds. The van der Waals surface area contributed by atoms with Gasteiger partial charge >= 0.3 is 6.03 Å². The highest BCUT2D eigenvalue weighted by Crippen LogP contribution is 2.25. The number of nitrogens with zero attached hydrogens (tertiary/aromatic N) is 3. The van der Waals surface area contributed by atoms with Crippen LogP contribution in [0.25, 0.3) is 0 Å². The number of methoxy groups -OCH3 is 1. The van der Waals surface area contributed by atoms with Crippen molar-refractivity contribution in [3.8, 4) is 5.88 Å². The van der Waals surface area contributed by atoms with Gasteiger partial charge in [-0.25, -0.2) is 9.78 Å². The van der Waals surface area contributed by atoms with E-state index in [4.69, 9.17) is 16.3 Å². The van der Waals surface area contributed by atoms with Crippen molar-refractivity contribution in [2.24, 2.45) is 5.92 Å². The van der Waals surface area contributed by atoms with Gasteiger partial charge in [-0.15, -0.1) is 0 Å². The minimum Gasteiger partial charge on any atom is -0.481 e. The van der Waals surface area contributed by atoms with Gasteiger partial charge in [-0.1, -0.05) is 18.5 Å². The first-order chi connectivity index (χ1) is 12.1. The summed E-state index contributed by atoms with van der Waals surface area (Å²) in [6.07, 6.45) is 8.76. The number of likely N-dealkylation sites (tertiary alicyclic amines) is 1. The van der Waals surface area contributed by atoms with Crippen LogP contribution in [-0.2, 0) is 0 Å². The number of halogens is 1. The van der Waals surface area contributed by atoms with Crippen molar-refractivity contribution in [1.82, 2.24) is 14.8 Å². The standard InChI is InChI=1S/C18H23ClN4O2/c1-13-5-3-9-22(12-13)18(24)23-10-4-6-15(19)17(23)21-14-7-8-16(25-2)20-11-14/h4,6-8,10-11,13,17,21H,3,5,9,12H2,1-2H3. The summed E-state index contributed by atoms with van der Waals surface area (Å²) in [5.74, 6) is 1.06. The molecule has 2 aliphatic rings. The van der Waals surface area contributed by atoms with E-state index in [0.29, 0.717) is 16.8 Å². The Labute approximate surface area is 153 Å². The van der Waals surface area contributed by atoms with Crippen molar-refractivity contribution < 1.29 is 9.53 Å². The summed E-state index contributed by atoms with van der Waals surface area (Å²) in [7, 11) is 1.57. The lowest BCUT2D eigenvalue weighted by Crippen LogP contribution is -2.51. The van der Waals surface area contributed by atoms with Crippen molar-refractivity contribution >= 4 is 23.3 Å². The van der Waals surface area contributed by atoms with Gasteiger partial charge in [0.05, 0.1) is 24.0 Å². The number of anilines is 1. The lowest BCUT2D eigenvalue weighted by Gasteiger charge is -2.38. The van der Waals surface area contributed by atoms with Gasteiger partial charge in [0.25, 0.3) is 0 Å². The average molecular weight is 363 g/mol. The normalized spacial score (nSPS) is 23.2. The molecular formula is C18H23ClN4O2. The Morgan fingerprint density at radius 1 is 1.44 bits per heavy atom. The van der Waals surface area contributed by atoms with Crippen molar-refractivity contribution in [2.45, 2.75) is 25.9 Å². The summed E-state index contributed by atoms with van der Waals surface area (Å²) < 4.78 is 5.07. The largest absolute Gasteiger partial charge is 0.481 e. The first-order valence-electron chi connectivity index (χ1n) is 8.46. The number of pyridine rings is 1. The first-order valence-corrected chi connectivity index (χ1v) is 8.84. The van der Waals surface area contributed by atoms with Crippen molar-refractivity contribution in [1.29, 1.82) is 0 Å². The molecule has 6 nitrogen and oxygen atoms in total. The zero-order chi connectivity index (χ0) is 17.8. The Morgan fingerprint density at radius 2 is 2.28 bits per heavy atom. The molecule has 1 fully saturated rings. The molecule has 0 radical (unpaired) electrons. The fourth-order valence-electron chi connectivity index (χ4n) is 3.12. The SMILES string of the molecule is COc1ccc(NC2C(Cl)=CC=CN2C(=O)N2CCCC(C)C2)cn1. The summed E-state index contributed by atoms with van der Waals surface area (Å²) in [5, 5.41) is 3.82. The number of aromatic nitrogens is 1. The highest BCUT2D eigenvalue weighted by molar-refractivity contribution is 6.30. The second-order valence-corrected chi connectivity index (χ2v) is 6.85. The molecule has 2 aliphatic heterocycles. The van der Waals surface area contributed by atoms with Gasteiger partial charge in [-0.3, -0.25) is 4.90 Å². The number of hydrogen-bond acceptors (Lipinski definition) is 4. The number of amides is 2. The minimum atomic E-state index is -0.452. The second kappa shape index (κ2) is 7.78. The van der Waals surface area contributed by atoms with E-state index in [-0.39, 0.29) is 6.03 Å². The minimum absolute atomic E-state index is 0.0342. The summed E-state index contributed by atoms with van der Waals surface area (Å²) in [6.45, 7) is 3.74. The predicted octanol–water partition coefficient (Wildman–Crippen LogP) is 3.63. The molecule has 0 saturated carbocycles. The number of piperidine rings is 1. The molecule has 1 aromatic rings. The fourth-order valence-corrected chi connectivity index (χ4v) is 3.35. The number of allylic oxidation sites excluding steroid dienone is 2. The molecule has 0 bridgehead atoms. The number of nitrogens with one attached hydrogen (secondary N) is 1. The van der Waals surface area contributed by atoms with Gasteiger partial charge in [0.15, 0.2) is 0 Å². The van der Waals surface area contributed by atoms with E-state index in [1.54, 1.807) is 42.6 Å². The van der Waals surface area contributed by atoms with Gasteiger partial charge in [0.1, 0.15) is 6.17 Å². The number of ether oxygens (including phenoxy) is 1. The quantitative estimate of drug-likeness (QED) is 0.892. The van der Waals surface area contributed by atoms with Crippen LogP contribution in [0, 0.1) is 5.92 Å². The molecule has 1 aromatic heterocycles. The van der Waals surface area contributed by atoms with E-state index in [9.17, 15) is 4.79 Å². The number of urea groups is 1. The summed E-state index contributed by atoms with van der Waals surface area (Å²) >= 11 is 6.39. The van der Waals surface area contributed by atoms with Gasteiger partial charge in [0.2, 0.25) is 5.88 Å². The van der Waals surface area contributed by atoms with Crippen molar-refractivity contribution in [3.05, 3.63) is 41.7 Å². The van der Waals surface area contributed by atoms with Crippen molar-refractivity contribution in [3.63, 3.8) is 0 Å². The Kier molecular flexibility index (Phi) is 5.48. The Balaban J connectivity index is 1.75. The van der Waals surface area contributed by atoms with Gasteiger partial charge in [-0.05, 0) is 37.0 Å². The van der Waals surface area contributed by atoms with Crippen LogP contribution in [0.5, 0.6) is 5.88 Å². The zero-order valence-corrected chi connectivity index (χ0v) is 15.2. The molecule has 3 heterocycles. The third-order valence-electron chi connectivity index (χ3n) is 4.44. The van der Waals surface area contributed by atoms with Gasteiger partial charge in [-0.2, -0.15) is 0 Å². The Hall–Kier alpha value is -2.21. The van der Waals surface area contributed by atoms with Crippen LogP contribution in [0.15, 0.2) is 41.7 Å². The summed E-state index contributed by atoms with van der Waals surface area (Å²) in [5.41, 5.74) is 0.762. The van der Waals surface area contributed by atoms with Crippen LogP contribution in [0.1, 0.15) is 19.8 Å². The third kappa shape index (κ3) is 4.07. The van der Waals surface area contributed by atoms with E-state index in [2.05, 4.69) is 17.2 Å². The van der Waals surface area contributed by atoms with E-state index in [0.717, 1.165) is 25.2 Å². The third-order valence-corrected chi connectivity index (χ3v) is 4.77. The number of rotatable bonds is 3. The molecule has 2 unspecified atom stereocenters. The van der Waals surface area contributed by atoms with Crippen molar-refractivity contribution in [2.75, 3.05) is 25.5 Å². The highest BCUT2D eigenvalue weighted by atomic mass is 35.5. The molecule has 3 rings (SSSR count). The topological polar surface area (TPSA) is 57.7 Å². The Bertz CT molecular complexity index is 674. The molecule has 1 saturated heterocycles. The molecule has 0 aromatic carbocycles. The maximum atomic E-state index is 13.0. The lowest BCUT2D eigenvalue weighted by atomic mass is 10.0. The second-order valence-electron chi connectivity index (χ2n) is 6.41. The molecular weight excluding hydrogens is 340 g/mol. The maximum Gasteiger partial charge on any atom is 0.326 e. The van der Waals surface area contributed by atoms with E-state index >= 15 is 0 Å². The number of hydrogen-bond donors (Lipinski definition) is 1. The van der Waals surface area contributed by atoms with Crippen LogP contribution in [0.3, 0.4) is 0 Å². The van der Waals surface area contributed by atoms with E-state index in [1.807, 2.05) is 11.0 Å². The van der Waals surface area contributed by atoms with Crippen LogP contribution >= 0.6 is 11.6 Å². The van der Waals surface area contributed by atoms with Crippen LogP contribution in [0.2, 0.25) is 0 Å². The Morgan fingerprint density at radius 3 is 2.96 bits per heavy atom. The van der Waals surface area contributed by atoms with Crippen LogP contribution in [0.4, 0.5) is 10.5 Å². The maximum absolute atomic E-state index is 13.0. The monoisotopic (exact) mass is 362 g/mol.